The highest BCUT2D eigenvalue weighted by Gasteiger charge is 2.45. The molecule has 1 aromatic rings. The fourth-order valence-electron chi connectivity index (χ4n) is 2.46. The number of nitrogens with one attached hydrogen (secondary N) is 1. The van der Waals surface area contributed by atoms with Gasteiger partial charge in [-0.1, -0.05) is 6.92 Å². The lowest BCUT2D eigenvalue weighted by Gasteiger charge is -2.33. The molecular weight excluding hydrogens is 271 g/mol. The molecule has 0 bridgehead atoms. The first-order valence-corrected chi connectivity index (χ1v) is 6.87. The van der Waals surface area contributed by atoms with Crippen molar-refractivity contribution >= 4 is 0 Å². The fourth-order valence-corrected chi connectivity index (χ4v) is 2.46. The Morgan fingerprint density at radius 1 is 1.45 bits per heavy atom. The molecule has 2 rings (SSSR count). The molecule has 2 N–H and O–H groups in total. The Labute approximate surface area is 116 Å². The van der Waals surface area contributed by atoms with Crippen molar-refractivity contribution in [2.75, 3.05) is 13.2 Å². The van der Waals surface area contributed by atoms with Gasteiger partial charge in [0.15, 0.2) is 0 Å². The molecule has 1 saturated carbocycles. The summed E-state index contributed by atoms with van der Waals surface area (Å²) in [5.41, 5.74) is -1.32. The molecule has 0 radical (unpaired) electrons. The molecule has 4 nitrogen and oxygen atoms in total. The molecule has 114 valence electrons. The number of nitrogens with zero attached hydrogens (tertiary/aromatic N) is 2. The zero-order valence-electron chi connectivity index (χ0n) is 11.5. The summed E-state index contributed by atoms with van der Waals surface area (Å²) in [5, 5.41) is 16.8. The lowest BCUT2D eigenvalue weighted by atomic mass is 9.93. The highest BCUT2D eigenvalue weighted by molar-refractivity contribution is 5.10. The van der Waals surface area contributed by atoms with Gasteiger partial charge < -0.3 is 10.4 Å². The molecule has 0 aliphatic heterocycles. The van der Waals surface area contributed by atoms with Gasteiger partial charge >= 0.3 is 6.18 Å². The molecule has 1 aliphatic carbocycles. The van der Waals surface area contributed by atoms with E-state index in [4.69, 9.17) is 0 Å². The third-order valence-corrected chi connectivity index (χ3v) is 3.77. The highest BCUT2D eigenvalue weighted by Crippen LogP contribution is 2.40. The summed E-state index contributed by atoms with van der Waals surface area (Å²) < 4.78 is 39.0. The molecule has 1 aromatic heterocycles. The molecule has 1 atom stereocenters. The second-order valence-corrected chi connectivity index (χ2v) is 5.44. The molecule has 0 aromatic carbocycles. The van der Waals surface area contributed by atoms with Crippen LogP contribution in [-0.2, 0) is 12.7 Å². The number of aliphatic hydroxyl groups is 1. The quantitative estimate of drug-likeness (QED) is 0.808. The SMILES string of the molecule is CCCNC(CO)(Cn1cc(C(F)(F)F)cn1)C1CC1. The highest BCUT2D eigenvalue weighted by atomic mass is 19.4. The first-order chi connectivity index (χ1) is 9.41. The zero-order chi connectivity index (χ0) is 14.8. The molecule has 1 heterocycles. The van der Waals surface area contributed by atoms with E-state index in [1.807, 2.05) is 6.92 Å². The van der Waals surface area contributed by atoms with Crippen LogP contribution in [-0.4, -0.2) is 33.6 Å². The van der Waals surface area contributed by atoms with E-state index in [0.29, 0.717) is 5.92 Å². The Balaban J connectivity index is 2.13. The maximum Gasteiger partial charge on any atom is 0.419 e. The van der Waals surface area contributed by atoms with Gasteiger partial charge in [-0.25, -0.2) is 0 Å². The van der Waals surface area contributed by atoms with Crippen LogP contribution in [0.25, 0.3) is 0 Å². The molecule has 7 heteroatoms. The Kier molecular flexibility index (Phi) is 4.39. The van der Waals surface area contributed by atoms with E-state index in [1.165, 1.54) is 4.68 Å². The number of hydrogen-bond donors (Lipinski definition) is 2. The normalized spacial score (nSPS) is 19.1. The first-order valence-electron chi connectivity index (χ1n) is 6.87. The minimum Gasteiger partial charge on any atom is -0.394 e. The zero-order valence-corrected chi connectivity index (χ0v) is 11.5. The molecular formula is C13H20F3N3O. The van der Waals surface area contributed by atoms with Crippen LogP contribution in [0.5, 0.6) is 0 Å². The lowest BCUT2D eigenvalue weighted by Crippen LogP contribution is -2.54. The second kappa shape index (κ2) is 5.73. The number of aromatic nitrogens is 2. The third kappa shape index (κ3) is 3.32. The van der Waals surface area contributed by atoms with E-state index in [-0.39, 0.29) is 13.2 Å². The maximum absolute atomic E-state index is 12.6. The van der Waals surface area contributed by atoms with Gasteiger partial charge in [-0.2, -0.15) is 18.3 Å². The van der Waals surface area contributed by atoms with Crippen LogP contribution in [0.4, 0.5) is 13.2 Å². The molecule has 0 amide bonds. The van der Waals surface area contributed by atoms with Crippen molar-refractivity contribution < 1.29 is 18.3 Å². The Hall–Kier alpha value is -1.08. The van der Waals surface area contributed by atoms with Crippen LogP contribution in [0.2, 0.25) is 0 Å². The average molecular weight is 291 g/mol. The minimum absolute atomic E-state index is 0.0983. The third-order valence-electron chi connectivity index (χ3n) is 3.77. The van der Waals surface area contributed by atoms with Crippen molar-refractivity contribution in [1.82, 2.24) is 15.1 Å². The average Bonchev–Trinajstić information content (AvgIpc) is 3.14. The van der Waals surface area contributed by atoms with Crippen LogP contribution >= 0.6 is 0 Å². The van der Waals surface area contributed by atoms with Gasteiger partial charge in [0.2, 0.25) is 0 Å². The van der Waals surface area contributed by atoms with Crippen LogP contribution in [0.3, 0.4) is 0 Å². The summed E-state index contributed by atoms with van der Waals surface area (Å²) >= 11 is 0. The Morgan fingerprint density at radius 3 is 2.60 bits per heavy atom. The van der Waals surface area contributed by atoms with E-state index in [1.54, 1.807) is 0 Å². The number of hydrogen-bond acceptors (Lipinski definition) is 3. The molecule has 0 spiro atoms. The van der Waals surface area contributed by atoms with Gasteiger partial charge in [0.1, 0.15) is 0 Å². The van der Waals surface area contributed by atoms with Crippen molar-refractivity contribution in [3.63, 3.8) is 0 Å². The summed E-state index contributed by atoms with van der Waals surface area (Å²) in [4.78, 5) is 0. The smallest absolute Gasteiger partial charge is 0.394 e. The van der Waals surface area contributed by atoms with Gasteiger partial charge in [0, 0.05) is 6.20 Å². The van der Waals surface area contributed by atoms with Crippen LogP contribution in [0.1, 0.15) is 31.7 Å². The van der Waals surface area contributed by atoms with Crippen molar-refractivity contribution in [2.24, 2.45) is 5.92 Å². The van der Waals surface area contributed by atoms with E-state index in [0.717, 1.165) is 38.2 Å². The summed E-state index contributed by atoms with van der Waals surface area (Å²) in [6, 6.07) is 0. The van der Waals surface area contributed by atoms with Crippen molar-refractivity contribution in [3.05, 3.63) is 18.0 Å². The number of alkyl halides is 3. The van der Waals surface area contributed by atoms with E-state index < -0.39 is 17.3 Å². The minimum atomic E-state index is -4.38. The predicted octanol–water partition coefficient (Wildman–Crippen LogP) is 2.04. The lowest BCUT2D eigenvalue weighted by molar-refractivity contribution is -0.137. The van der Waals surface area contributed by atoms with Gasteiger partial charge in [-0.15, -0.1) is 0 Å². The topological polar surface area (TPSA) is 50.1 Å². The van der Waals surface area contributed by atoms with Gasteiger partial charge in [-0.3, -0.25) is 4.68 Å². The molecule has 20 heavy (non-hydrogen) atoms. The largest absolute Gasteiger partial charge is 0.419 e. The van der Waals surface area contributed by atoms with Gasteiger partial charge in [0.05, 0.1) is 30.5 Å². The molecule has 0 saturated heterocycles. The summed E-state index contributed by atoms with van der Waals surface area (Å²) in [6.07, 6.45) is 0.336. The van der Waals surface area contributed by atoms with E-state index in [9.17, 15) is 18.3 Å². The van der Waals surface area contributed by atoms with Crippen LogP contribution in [0, 0.1) is 5.92 Å². The monoisotopic (exact) mass is 291 g/mol. The van der Waals surface area contributed by atoms with Crippen molar-refractivity contribution in [2.45, 2.75) is 44.4 Å². The fraction of sp³-hybridized carbons (Fsp3) is 0.769. The molecule has 1 unspecified atom stereocenters. The second-order valence-electron chi connectivity index (χ2n) is 5.44. The maximum atomic E-state index is 12.6. The van der Waals surface area contributed by atoms with Crippen LogP contribution in [0.15, 0.2) is 12.4 Å². The van der Waals surface area contributed by atoms with Gasteiger partial charge in [-0.05, 0) is 31.7 Å². The van der Waals surface area contributed by atoms with E-state index >= 15 is 0 Å². The summed E-state index contributed by atoms with van der Waals surface area (Å²) in [7, 11) is 0. The van der Waals surface area contributed by atoms with E-state index in [2.05, 4.69) is 10.4 Å². The summed E-state index contributed by atoms with van der Waals surface area (Å²) in [5.74, 6) is 0.303. The first kappa shape index (κ1) is 15.3. The predicted molar refractivity (Wildman–Crippen MR) is 68.1 cm³/mol. The Bertz CT molecular complexity index is 442. The molecule has 1 aliphatic rings. The summed E-state index contributed by atoms with van der Waals surface area (Å²) in [6.45, 7) is 2.89. The number of rotatable bonds is 7. The van der Waals surface area contributed by atoms with Crippen molar-refractivity contribution in [1.29, 1.82) is 0 Å². The van der Waals surface area contributed by atoms with Gasteiger partial charge in [0.25, 0.3) is 0 Å². The standard InChI is InChI=1S/C13H20F3N3O/c1-2-5-17-12(9-20,10-3-4-10)8-19-7-11(6-18-19)13(14,15)16/h6-7,10,17,20H,2-5,8-9H2,1H3. The number of aliphatic hydroxyl groups excluding tert-OH is 1. The Morgan fingerprint density at radius 2 is 2.15 bits per heavy atom. The van der Waals surface area contributed by atoms with Crippen molar-refractivity contribution in [3.8, 4) is 0 Å². The van der Waals surface area contributed by atoms with Crippen LogP contribution < -0.4 is 5.32 Å². The molecule has 1 fully saturated rings. The number of halogens is 3.